The van der Waals surface area contributed by atoms with Gasteiger partial charge in [0.25, 0.3) is 0 Å². The number of hydrogen-bond acceptors (Lipinski definition) is 5. The molecule has 0 spiro atoms. The van der Waals surface area contributed by atoms with Gasteiger partial charge in [-0.05, 0) is 46.0 Å². The number of hydrogen-bond donors (Lipinski definition) is 2. The Kier molecular flexibility index (Phi) is 6.81. The van der Waals surface area contributed by atoms with Crippen molar-refractivity contribution in [2.24, 2.45) is 0 Å². The third-order valence-corrected chi connectivity index (χ3v) is 3.48. The van der Waals surface area contributed by atoms with E-state index < -0.39 is 0 Å². The van der Waals surface area contributed by atoms with Gasteiger partial charge in [0, 0.05) is 24.8 Å². The average Bonchev–Trinajstić information content (AvgIpc) is 2.52. The van der Waals surface area contributed by atoms with E-state index in [2.05, 4.69) is 63.9 Å². The molecule has 0 radical (unpaired) electrons. The van der Waals surface area contributed by atoms with Crippen LogP contribution in [-0.2, 0) is 6.42 Å². The maximum absolute atomic E-state index is 4.53. The maximum atomic E-state index is 4.53. The second-order valence-electron chi connectivity index (χ2n) is 5.96. The quantitative estimate of drug-likeness (QED) is 0.697. The molecule has 1 aromatic heterocycles. The molecule has 0 saturated heterocycles. The lowest BCUT2D eigenvalue weighted by molar-refractivity contribution is 0.405. The Morgan fingerprint density at radius 3 is 2.52 bits per heavy atom. The zero-order valence-corrected chi connectivity index (χ0v) is 14.3. The van der Waals surface area contributed by atoms with Crippen LogP contribution in [0.5, 0.6) is 0 Å². The molecule has 0 saturated carbocycles. The van der Waals surface area contributed by atoms with Crippen molar-refractivity contribution >= 4 is 11.8 Å². The molecule has 5 heteroatoms. The SMILES string of the molecule is Cc1cc(NCCCN(C)C)nc(NCCc2ccccc2)n1. The van der Waals surface area contributed by atoms with Gasteiger partial charge in [0.2, 0.25) is 5.95 Å². The third-order valence-electron chi connectivity index (χ3n) is 3.48. The van der Waals surface area contributed by atoms with Crippen molar-refractivity contribution in [2.75, 3.05) is 44.4 Å². The highest BCUT2D eigenvalue weighted by atomic mass is 15.1. The van der Waals surface area contributed by atoms with E-state index in [0.29, 0.717) is 5.95 Å². The molecule has 0 amide bonds. The van der Waals surface area contributed by atoms with Gasteiger partial charge in [-0.25, -0.2) is 4.98 Å². The summed E-state index contributed by atoms with van der Waals surface area (Å²) in [6.07, 6.45) is 2.05. The summed E-state index contributed by atoms with van der Waals surface area (Å²) in [4.78, 5) is 11.2. The van der Waals surface area contributed by atoms with E-state index in [1.807, 2.05) is 19.1 Å². The lowest BCUT2D eigenvalue weighted by Crippen LogP contribution is -2.17. The van der Waals surface area contributed by atoms with Crippen LogP contribution in [0.3, 0.4) is 0 Å². The second kappa shape index (κ2) is 9.10. The summed E-state index contributed by atoms with van der Waals surface area (Å²) < 4.78 is 0. The van der Waals surface area contributed by atoms with Crippen LogP contribution in [-0.4, -0.2) is 48.6 Å². The summed E-state index contributed by atoms with van der Waals surface area (Å²) in [5, 5.41) is 6.68. The molecule has 124 valence electrons. The highest BCUT2D eigenvalue weighted by molar-refractivity contribution is 5.42. The fourth-order valence-corrected chi connectivity index (χ4v) is 2.31. The van der Waals surface area contributed by atoms with E-state index in [1.165, 1.54) is 5.56 Å². The molecule has 23 heavy (non-hydrogen) atoms. The van der Waals surface area contributed by atoms with Crippen LogP contribution in [0.25, 0.3) is 0 Å². The number of nitrogens with zero attached hydrogens (tertiary/aromatic N) is 3. The topological polar surface area (TPSA) is 53.1 Å². The average molecular weight is 313 g/mol. The lowest BCUT2D eigenvalue weighted by Gasteiger charge is -2.12. The van der Waals surface area contributed by atoms with Crippen LogP contribution >= 0.6 is 0 Å². The molecule has 2 N–H and O–H groups in total. The van der Waals surface area contributed by atoms with Gasteiger partial charge in [-0.15, -0.1) is 0 Å². The van der Waals surface area contributed by atoms with Gasteiger partial charge in [-0.3, -0.25) is 0 Å². The predicted octanol–water partition coefficient (Wildman–Crippen LogP) is 2.80. The number of anilines is 2. The molecule has 0 aliphatic carbocycles. The van der Waals surface area contributed by atoms with Crippen LogP contribution in [0.15, 0.2) is 36.4 Å². The molecule has 0 aliphatic rings. The molecular formula is C18H27N5. The molecule has 1 heterocycles. The highest BCUT2D eigenvalue weighted by Gasteiger charge is 2.02. The van der Waals surface area contributed by atoms with Crippen molar-refractivity contribution in [2.45, 2.75) is 19.8 Å². The largest absolute Gasteiger partial charge is 0.370 e. The van der Waals surface area contributed by atoms with Gasteiger partial charge < -0.3 is 15.5 Å². The van der Waals surface area contributed by atoms with Crippen LogP contribution in [0.1, 0.15) is 17.7 Å². The summed E-state index contributed by atoms with van der Waals surface area (Å²) in [5.74, 6) is 1.58. The molecule has 2 rings (SSSR count). The van der Waals surface area contributed by atoms with E-state index in [-0.39, 0.29) is 0 Å². The van der Waals surface area contributed by atoms with Crippen LogP contribution in [0.4, 0.5) is 11.8 Å². The molecule has 2 aromatic rings. The smallest absolute Gasteiger partial charge is 0.224 e. The van der Waals surface area contributed by atoms with Gasteiger partial charge in [0.15, 0.2) is 0 Å². The fourth-order valence-electron chi connectivity index (χ4n) is 2.31. The summed E-state index contributed by atoms with van der Waals surface area (Å²) >= 11 is 0. The first-order chi connectivity index (χ1) is 11.1. The van der Waals surface area contributed by atoms with Gasteiger partial charge >= 0.3 is 0 Å². The van der Waals surface area contributed by atoms with Gasteiger partial charge in [0.05, 0.1) is 0 Å². The van der Waals surface area contributed by atoms with Crippen molar-refractivity contribution in [1.29, 1.82) is 0 Å². The standard InChI is InChI=1S/C18H27N5/c1-15-14-17(19-11-7-13-23(2)3)22-18(21-15)20-12-10-16-8-5-4-6-9-16/h4-6,8-9,14H,7,10-13H2,1-3H3,(H2,19,20,21,22). The van der Waals surface area contributed by atoms with E-state index in [0.717, 1.165) is 44.0 Å². The van der Waals surface area contributed by atoms with E-state index >= 15 is 0 Å². The van der Waals surface area contributed by atoms with Crippen molar-refractivity contribution in [3.63, 3.8) is 0 Å². The van der Waals surface area contributed by atoms with Crippen LogP contribution in [0, 0.1) is 6.92 Å². The molecule has 0 fully saturated rings. The Labute approximate surface area is 139 Å². The van der Waals surface area contributed by atoms with Crippen LogP contribution < -0.4 is 10.6 Å². The Balaban J connectivity index is 1.82. The second-order valence-corrected chi connectivity index (χ2v) is 5.96. The molecule has 0 aliphatic heterocycles. The minimum atomic E-state index is 0.691. The van der Waals surface area contributed by atoms with Crippen molar-refractivity contribution in [1.82, 2.24) is 14.9 Å². The summed E-state index contributed by atoms with van der Waals surface area (Å²) in [7, 11) is 4.17. The number of aryl methyl sites for hydroxylation is 1. The van der Waals surface area contributed by atoms with Crippen molar-refractivity contribution < 1.29 is 0 Å². The van der Waals surface area contributed by atoms with E-state index in [4.69, 9.17) is 0 Å². The summed E-state index contributed by atoms with van der Waals surface area (Å²) in [5.41, 5.74) is 2.28. The van der Waals surface area contributed by atoms with Crippen molar-refractivity contribution in [3.8, 4) is 0 Å². The van der Waals surface area contributed by atoms with E-state index in [9.17, 15) is 0 Å². The number of nitrogens with one attached hydrogen (secondary N) is 2. The lowest BCUT2D eigenvalue weighted by atomic mass is 10.1. The van der Waals surface area contributed by atoms with Gasteiger partial charge in [-0.2, -0.15) is 4.98 Å². The Morgan fingerprint density at radius 1 is 1.00 bits per heavy atom. The zero-order valence-electron chi connectivity index (χ0n) is 14.3. The van der Waals surface area contributed by atoms with Gasteiger partial charge in [-0.1, -0.05) is 30.3 Å². The van der Waals surface area contributed by atoms with E-state index in [1.54, 1.807) is 0 Å². The first-order valence-corrected chi connectivity index (χ1v) is 8.15. The molecule has 1 aromatic carbocycles. The first kappa shape index (κ1) is 17.2. The third kappa shape index (κ3) is 6.65. The summed E-state index contributed by atoms with van der Waals surface area (Å²) in [6, 6.07) is 12.4. The Hall–Kier alpha value is -2.14. The predicted molar refractivity (Wildman–Crippen MR) is 97.1 cm³/mol. The minimum Gasteiger partial charge on any atom is -0.370 e. The number of aromatic nitrogens is 2. The molecule has 5 nitrogen and oxygen atoms in total. The monoisotopic (exact) mass is 313 g/mol. The van der Waals surface area contributed by atoms with Crippen LogP contribution in [0.2, 0.25) is 0 Å². The van der Waals surface area contributed by atoms with Crippen molar-refractivity contribution in [3.05, 3.63) is 47.7 Å². The number of rotatable bonds is 9. The highest BCUT2D eigenvalue weighted by Crippen LogP contribution is 2.10. The molecule has 0 atom stereocenters. The molecule has 0 unspecified atom stereocenters. The molecule has 0 bridgehead atoms. The Morgan fingerprint density at radius 2 is 1.78 bits per heavy atom. The fraction of sp³-hybridized carbons (Fsp3) is 0.444. The normalized spacial score (nSPS) is 10.8. The Bertz CT molecular complexity index is 583. The first-order valence-electron chi connectivity index (χ1n) is 8.15. The zero-order chi connectivity index (χ0) is 16.5. The number of benzene rings is 1. The van der Waals surface area contributed by atoms with Gasteiger partial charge in [0.1, 0.15) is 5.82 Å². The minimum absolute atomic E-state index is 0.691. The molecular weight excluding hydrogens is 286 g/mol. The maximum Gasteiger partial charge on any atom is 0.224 e. The summed E-state index contributed by atoms with van der Waals surface area (Å²) in [6.45, 7) is 4.81.